The number of nitrogens with zero attached hydrogens (tertiary/aromatic N) is 5. The van der Waals surface area contributed by atoms with Crippen LogP contribution in [0.2, 0.25) is 0 Å². The van der Waals surface area contributed by atoms with Crippen molar-refractivity contribution in [2.45, 2.75) is 71.9 Å². The summed E-state index contributed by atoms with van der Waals surface area (Å²) < 4.78 is 5.84. The number of hydrogen-bond donors (Lipinski definition) is 3. The molecule has 5 rings (SSSR count). The molecule has 1 saturated carbocycles. The Balaban J connectivity index is 1.23. The molecule has 0 unspecified atom stereocenters. The number of aromatic amines is 1. The highest BCUT2D eigenvalue weighted by atomic mass is 16.5. The van der Waals surface area contributed by atoms with Gasteiger partial charge in [0.25, 0.3) is 0 Å². The van der Waals surface area contributed by atoms with Gasteiger partial charge in [-0.2, -0.15) is 15.4 Å². The zero-order valence-corrected chi connectivity index (χ0v) is 24.8. The number of amides is 1. The van der Waals surface area contributed by atoms with Crippen molar-refractivity contribution >= 4 is 23.1 Å². The molecule has 42 heavy (non-hydrogen) atoms. The Morgan fingerprint density at radius 2 is 2.02 bits per heavy atom. The molecule has 2 fully saturated rings. The summed E-state index contributed by atoms with van der Waals surface area (Å²) in [7, 11) is 0. The van der Waals surface area contributed by atoms with E-state index in [1.54, 1.807) is 12.3 Å². The van der Waals surface area contributed by atoms with Crippen LogP contribution in [0, 0.1) is 11.8 Å². The lowest BCUT2D eigenvalue weighted by atomic mass is 9.94. The van der Waals surface area contributed by atoms with Crippen molar-refractivity contribution in [1.29, 1.82) is 0 Å². The highest BCUT2D eigenvalue weighted by Crippen LogP contribution is 2.40. The number of allylic oxidation sites excluding steroid dienone is 2. The van der Waals surface area contributed by atoms with Gasteiger partial charge in [-0.15, -0.1) is 0 Å². The third-order valence-electron chi connectivity index (χ3n) is 8.24. The molecule has 0 spiro atoms. The second-order valence-corrected chi connectivity index (χ2v) is 11.5. The summed E-state index contributed by atoms with van der Waals surface area (Å²) >= 11 is 0. The van der Waals surface area contributed by atoms with E-state index < -0.39 is 0 Å². The number of anilines is 2. The van der Waals surface area contributed by atoms with Crippen LogP contribution < -0.4 is 15.8 Å². The predicted octanol–water partition coefficient (Wildman–Crippen LogP) is 5.38. The van der Waals surface area contributed by atoms with Gasteiger partial charge < -0.3 is 20.7 Å². The number of carbonyl (C=O) groups is 1. The Kier molecular flexibility index (Phi) is 9.51. The quantitative estimate of drug-likeness (QED) is 0.233. The lowest BCUT2D eigenvalue weighted by Gasteiger charge is -2.20. The first-order valence-electron chi connectivity index (χ1n) is 15.0. The summed E-state index contributed by atoms with van der Waals surface area (Å²) in [6, 6.07) is 7.93. The minimum atomic E-state index is 0.0699. The van der Waals surface area contributed by atoms with Crippen LogP contribution in [0.3, 0.4) is 0 Å². The maximum Gasteiger partial charge on any atom is 0.246 e. The number of nitrogen functional groups attached to an aromatic ring is 1. The number of aromatic nitrogens is 5. The van der Waals surface area contributed by atoms with Gasteiger partial charge >= 0.3 is 0 Å². The van der Waals surface area contributed by atoms with Crippen molar-refractivity contribution in [3.05, 3.63) is 71.3 Å². The SMILES string of the molecule is CC[C@@H](CC/C=C/C(=O)N1CC[C@@H](Nc2ncnc(N)c2C(=C(C)C)c2ccc(OCc3cn[nH]n3)cc2)C1)C1CC1. The molecule has 2 atom stereocenters. The number of hydrogen-bond acceptors (Lipinski definition) is 8. The molecular formula is C32H42N8O2. The molecule has 1 aromatic carbocycles. The molecule has 10 heteroatoms. The standard InChI is InChI=1S/C32H42N8O2/c1-4-22(23-9-10-23)7-5-6-8-28(41)40-16-15-25(18-40)37-32-30(31(33)34-20-35-32)29(21(2)3)24-11-13-27(14-12-24)42-19-26-17-36-39-38-26/h6,8,11-14,17,20,22-23,25H,4-5,7,9-10,15-16,18-19H2,1-3H3,(H,36,38,39)(H3,33,34,35,37)/b8-6+/t22-,25+/m0/s1. The molecule has 1 aliphatic carbocycles. The van der Waals surface area contributed by atoms with E-state index in [0.717, 1.165) is 58.4 Å². The van der Waals surface area contributed by atoms with Crippen molar-refractivity contribution in [1.82, 2.24) is 30.3 Å². The Labute approximate surface area is 247 Å². The number of ether oxygens (including phenoxy) is 1. The van der Waals surface area contributed by atoms with E-state index in [0.29, 0.717) is 31.3 Å². The summed E-state index contributed by atoms with van der Waals surface area (Å²) in [6.45, 7) is 8.04. The van der Waals surface area contributed by atoms with Crippen LogP contribution in [-0.4, -0.2) is 55.3 Å². The van der Waals surface area contributed by atoms with Crippen molar-refractivity contribution < 1.29 is 9.53 Å². The Bertz CT molecular complexity index is 1390. The first kappa shape index (κ1) is 29.3. The number of likely N-dealkylation sites (tertiary alicyclic amines) is 1. The number of rotatable bonds is 13. The monoisotopic (exact) mass is 570 g/mol. The van der Waals surface area contributed by atoms with E-state index in [-0.39, 0.29) is 11.9 Å². The lowest BCUT2D eigenvalue weighted by molar-refractivity contribution is -0.125. The molecule has 1 saturated heterocycles. The summed E-state index contributed by atoms with van der Waals surface area (Å²) in [6.07, 6.45) is 13.9. The van der Waals surface area contributed by atoms with Crippen LogP contribution in [0.5, 0.6) is 5.75 Å². The third kappa shape index (κ3) is 7.35. The molecule has 0 bridgehead atoms. The van der Waals surface area contributed by atoms with Crippen LogP contribution in [0.4, 0.5) is 11.6 Å². The summed E-state index contributed by atoms with van der Waals surface area (Å²) in [4.78, 5) is 23.7. The number of nitrogens with two attached hydrogens (primary N) is 1. The number of benzene rings is 1. The van der Waals surface area contributed by atoms with Gasteiger partial charge in [-0.3, -0.25) is 4.79 Å². The van der Waals surface area contributed by atoms with Crippen molar-refractivity contribution in [2.24, 2.45) is 11.8 Å². The van der Waals surface area contributed by atoms with Gasteiger partial charge in [0.15, 0.2) is 0 Å². The van der Waals surface area contributed by atoms with E-state index in [4.69, 9.17) is 10.5 Å². The highest BCUT2D eigenvalue weighted by Gasteiger charge is 2.29. The van der Waals surface area contributed by atoms with Gasteiger partial charge in [-0.25, -0.2) is 9.97 Å². The number of nitrogens with one attached hydrogen (secondary N) is 2. The first-order chi connectivity index (χ1) is 20.4. The van der Waals surface area contributed by atoms with E-state index in [2.05, 4.69) is 57.5 Å². The fraction of sp³-hybridized carbons (Fsp3) is 0.469. The highest BCUT2D eigenvalue weighted by molar-refractivity contribution is 5.91. The average Bonchev–Trinajstić information content (AvgIpc) is 3.47. The largest absolute Gasteiger partial charge is 0.487 e. The summed E-state index contributed by atoms with van der Waals surface area (Å²) in [5.41, 5.74) is 11.0. The Morgan fingerprint density at radius 3 is 2.71 bits per heavy atom. The van der Waals surface area contributed by atoms with E-state index in [9.17, 15) is 4.79 Å². The minimum absolute atomic E-state index is 0.0699. The molecule has 222 valence electrons. The molecular weight excluding hydrogens is 528 g/mol. The van der Waals surface area contributed by atoms with Gasteiger partial charge in [-0.1, -0.05) is 37.1 Å². The van der Waals surface area contributed by atoms with Gasteiger partial charge in [0, 0.05) is 19.1 Å². The van der Waals surface area contributed by atoms with E-state index >= 15 is 0 Å². The van der Waals surface area contributed by atoms with Crippen LogP contribution in [-0.2, 0) is 11.4 Å². The van der Waals surface area contributed by atoms with Gasteiger partial charge in [0.05, 0.1) is 11.8 Å². The van der Waals surface area contributed by atoms with Crippen LogP contribution in [0.25, 0.3) is 5.57 Å². The lowest BCUT2D eigenvalue weighted by Crippen LogP contribution is -2.30. The zero-order valence-electron chi connectivity index (χ0n) is 24.8. The topological polar surface area (TPSA) is 135 Å². The second kappa shape index (κ2) is 13.6. The van der Waals surface area contributed by atoms with E-state index in [1.165, 1.54) is 32.0 Å². The summed E-state index contributed by atoms with van der Waals surface area (Å²) in [5.74, 6) is 3.61. The molecule has 1 aliphatic heterocycles. The number of carbonyl (C=O) groups excluding carboxylic acids is 1. The maximum absolute atomic E-state index is 12.9. The molecule has 10 nitrogen and oxygen atoms in total. The van der Waals surface area contributed by atoms with Gasteiger partial charge in [-0.05, 0) is 87.1 Å². The molecule has 2 aliphatic rings. The molecule has 4 N–H and O–H groups in total. The minimum Gasteiger partial charge on any atom is -0.487 e. The summed E-state index contributed by atoms with van der Waals surface area (Å²) in [5, 5.41) is 14.0. The van der Waals surface area contributed by atoms with Gasteiger partial charge in [0.1, 0.15) is 36.0 Å². The van der Waals surface area contributed by atoms with Crippen molar-refractivity contribution in [3.8, 4) is 5.75 Å². The van der Waals surface area contributed by atoms with Crippen LogP contribution in [0.1, 0.15) is 76.1 Å². The smallest absolute Gasteiger partial charge is 0.246 e. The van der Waals surface area contributed by atoms with Crippen molar-refractivity contribution in [3.63, 3.8) is 0 Å². The third-order valence-corrected chi connectivity index (χ3v) is 8.24. The number of H-pyrrole nitrogens is 1. The van der Waals surface area contributed by atoms with Crippen LogP contribution in [0.15, 0.2) is 54.5 Å². The first-order valence-corrected chi connectivity index (χ1v) is 15.0. The predicted molar refractivity (Wildman–Crippen MR) is 164 cm³/mol. The molecule has 2 aromatic heterocycles. The van der Waals surface area contributed by atoms with Gasteiger partial charge in [0.2, 0.25) is 5.91 Å². The Morgan fingerprint density at radius 1 is 1.21 bits per heavy atom. The fourth-order valence-electron chi connectivity index (χ4n) is 5.82. The van der Waals surface area contributed by atoms with E-state index in [1.807, 2.05) is 29.2 Å². The Hall–Kier alpha value is -4.21. The zero-order chi connectivity index (χ0) is 29.5. The molecule has 3 aromatic rings. The average molecular weight is 571 g/mol. The molecule has 0 radical (unpaired) electrons. The molecule has 3 heterocycles. The van der Waals surface area contributed by atoms with Crippen LogP contribution >= 0.6 is 0 Å². The maximum atomic E-state index is 12.9. The van der Waals surface area contributed by atoms with Crippen molar-refractivity contribution in [2.75, 3.05) is 24.1 Å². The normalized spacial score (nSPS) is 17.4. The second-order valence-electron chi connectivity index (χ2n) is 11.5. The fourth-order valence-corrected chi connectivity index (χ4v) is 5.82. The molecule has 1 amide bonds.